The minimum Gasteiger partial charge on any atom is -0.490 e. The van der Waals surface area contributed by atoms with E-state index in [9.17, 15) is 4.79 Å². The summed E-state index contributed by atoms with van der Waals surface area (Å²) in [4.78, 5) is 10.3. The molecule has 0 aromatic heterocycles. The van der Waals surface area contributed by atoms with Crippen molar-refractivity contribution < 1.29 is 24.1 Å². The Kier molecular flexibility index (Phi) is 7.47. The number of hydrogen-bond donors (Lipinski definition) is 1. The molecule has 0 saturated heterocycles. The van der Waals surface area contributed by atoms with Crippen molar-refractivity contribution >= 4 is 21.9 Å². The maximum absolute atomic E-state index is 10.3. The van der Waals surface area contributed by atoms with Crippen LogP contribution in [0.3, 0.4) is 0 Å². The van der Waals surface area contributed by atoms with Crippen molar-refractivity contribution in [2.24, 2.45) is 0 Å². The van der Waals surface area contributed by atoms with Crippen molar-refractivity contribution in [1.29, 1.82) is 0 Å². The molecule has 106 valence electrons. The zero-order chi connectivity index (χ0) is 14.1. The lowest BCUT2D eigenvalue weighted by Crippen LogP contribution is -2.09. The Balaban J connectivity index is 2.40. The van der Waals surface area contributed by atoms with Crippen LogP contribution in [0.25, 0.3) is 0 Å². The number of carboxylic acid groups (broad SMARTS) is 1. The molecule has 0 heterocycles. The van der Waals surface area contributed by atoms with E-state index in [0.717, 1.165) is 15.8 Å². The molecule has 6 heteroatoms. The normalized spacial score (nSPS) is 10.4. The lowest BCUT2D eigenvalue weighted by Gasteiger charge is -2.09. The second kappa shape index (κ2) is 8.90. The van der Waals surface area contributed by atoms with Gasteiger partial charge in [0.05, 0.1) is 17.7 Å². The monoisotopic (exact) mass is 332 g/mol. The zero-order valence-electron chi connectivity index (χ0n) is 10.7. The van der Waals surface area contributed by atoms with Crippen molar-refractivity contribution in [1.82, 2.24) is 0 Å². The Morgan fingerprint density at radius 2 is 2.11 bits per heavy atom. The fraction of sp³-hybridized carbons (Fsp3) is 0.462. The van der Waals surface area contributed by atoms with E-state index in [0.29, 0.717) is 26.2 Å². The number of benzene rings is 1. The molecule has 0 saturated carbocycles. The van der Waals surface area contributed by atoms with E-state index in [1.165, 1.54) is 0 Å². The van der Waals surface area contributed by atoms with Crippen molar-refractivity contribution in [3.63, 3.8) is 0 Å². The SMILES string of the molecule is COCCOc1ccc(CCOCC(=O)O)cc1Br. The molecule has 0 spiro atoms. The van der Waals surface area contributed by atoms with E-state index in [2.05, 4.69) is 15.9 Å². The van der Waals surface area contributed by atoms with Crippen molar-refractivity contribution in [2.45, 2.75) is 6.42 Å². The molecule has 0 fully saturated rings. The van der Waals surface area contributed by atoms with Crippen LogP contribution >= 0.6 is 15.9 Å². The Morgan fingerprint density at radius 1 is 1.32 bits per heavy atom. The first-order valence-corrected chi connectivity index (χ1v) is 6.62. The largest absolute Gasteiger partial charge is 0.490 e. The number of carbonyl (C=O) groups is 1. The van der Waals surface area contributed by atoms with E-state index in [1.54, 1.807) is 7.11 Å². The maximum atomic E-state index is 10.3. The van der Waals surface area contributed by atoms with Crippen LogP contribution in [0.15, 0.2) is 22.7 Å². The number of carboxylic acids is 1. The topological polar surface area (TPSA) is 65.0 Å². The number of hydrogen-bond acceptors (Lipinski definition) is 4. The van der Waals surface area contributed by atoms with Crippen LogP contribution in [-0.4, -0.2) is 44.6 Å². The highest BCUT2D eigenvalue weighted by Gasteiger charge is 2.03. The fourth-order valence-corrected chi connectivity index (χ4v) is 1.94. The molecule has 19 heavy (non-hydrogen) atoms. The van der Waals surface area contributed by atoms with Gasteiger partial charge in [-0.25, -0.2) is 4.79 Å². The summed E-state index contributed by atoms with van der Waals surface area (Å²) in [5, 5.41) is 8.43. The smallest absolute Gasteiger partial charge is 0.329 e. The van der Waals surface area contributed by atoms with E-state index < -0.39 is 5.97 Å². The Labute approximate surface area is 120 Å². The predicted molar refractivity (Wildman–Crippen MR) is 73.7 cm³/mol. The third-order valence-electron chi connectivity index (χ3n) is 2.30. The van der Waals surface area contributed by atoms with Crippen LogP contribution in [-0.2, 0) is 20.7 Å². The van der Waals surface area contributed by atoms with Gasteiger partial charge in [-0.1, -0.05) is 6.07 Å². The van der Waals surface area contributed by atoms with Gasteiger partial charge in [-0.05, 0) is 40.0 Å². The summed E-state index contributed by atoms with van der Waals surface area (Å²) in [7, 11) is 1.62. The highest BCUT2D eigenvalue weighted by Crippen LogP contribution is 2.26. The van der Waals surface area contributed by atoms with Gasteiger partial charge >= 0.3 is 5.97 Å². The van der Waals surface area contributed by atoms with Gasteiger partial charge in [0, 0.05) is 7.11 Å². The zero-order valence-corrected chi connectivity index (χ0v) is 12.3. The number of methoxy groups -OCH3 is 1. The van der Waals surface area contributed by atoms with E-state index in [-0.39, 0.29) is 6.61 Å². The van der Waals surface area contributed by atoms with Gasteiger partial charge < -0.3 is 19.3 Å². The lowest BCUT2D eigenvalue weighted by atomic mass is 10.1. The Morgan fingerprint density at radius 3 is 2.74 bits per heavy atom. The third-order valence-corrected chi connectivity index (χ3v) is 2.92. The first kappa shape index (κ1) is 15.9. The van der Waals surface area contributed by atoms with Crippen molar-refractivity contribution in [2.75, 3.05) is 33.5 Å². The molecule has 0 aliphatic heterocycles. The van der Waals surface area contributed by atoms with Gasteiger partial charge in [0.1, 0.15) is 19.0 Å². The molecule has 1 aromatic rings. The number of rotatable bonds is 9. The standard InChI is InChI=1S/C13H17BrO5/c1-17-6-7-19-12-3-2-10(8-11(12)14)4-5-18-9-13(15)16/h2-3,8H,4-7,9H2,1H3,(H,15,16). The minimum absolute atomic E-state index is 0.265. The van der Waals surface area contributed by atoms with Crippen molar-refractivity contribution in [3.05, 3.63) is 28.2 Å². The highest BCUT2D eigenvalue weighted by atomic mass is 79.9. The molecular weight excluding hydrogens is 316 g/mol. The summed E-state index contributed by atoms with van der Waals surface area (Å²) in [5.41, 5.74) is 1.05. The van der Waals surface area contributed by atoms with Crippen molar-refractivity contribution in [3.8, 4) is 5.75 Å². The minimum atomic E-state index is -0.955. The molecule has 0 radical (unpaired) electrons. The molecule has 5 nitrogen and oxygen atoms in total. The molecule has 0 unspecified atom stereocenters. The van der Waals surface area contributed by atoms with Gasteiger partial charge in [0.25, 0.3) is 0 Å². The average Bonchev–Trinajstić information content (AvgIpc) is 2.37. The van der Waals surface area contributed by atoms with E-state index >= 15 is 0 Å². The molecule has 0 aliphatic rings. The van der Waals surface area contributed by atoms with Crippen LogP contribution in [0.4, 0.5) is 0 Å². The van der Waals surface area contributed by atoms with Crippen LogP contribution in [0.2, 0.25) is 0 Å². The van der Waals surface area contributed by atoms with Gasteiger partial charge in [-0.3, -0.25) is 0 Å². The molecule has 0 amide bonds. The predicted octanol–water partition coefficient (Wildman–Crippen LogP) is 2.12. The number of halogens is 1. The molecule has 1 N–H and O–H groups in total. The van der Waals surface area contributed by atoms with E-state index in [1.807, 2.05) is 18.2 Å². The highest BCUT2D eigenvalue weighted by molar-refractivity contribution is 9.10. The molecular formula is C13H17BrO5. The fourth-order valence-electron chi connectivity index (χ4n) is 1.40. The second-order valence-electron chi connectivity index (χ2n) is 3.80. The summed E-state index contributed by atoms with van der Waals surface area (Å²) in [6.07, 6.45) is 0.657. The first-order valence-electron chi connectivity index (χ1n) is 5.83. The number of ether oxygens (including phenoxy) is 3. The molecule has 1 aromatic carbocycles. The quantitative estimate of drug-likeness (QED) is 0.701. The van der Waals surface area contributed by atoms with Gasteiger partial charge in [0.2, 0.25) is 0 Å². The van der Waals surface area contributed by atoms with Gasteiger partial charge in [-0.15, -0.1) is 0 Å². The second-order valence-corrected chi connectivity index (χ2v) is 4.66. The van der Waals surface area contributed by atoms with Crippen LogP contribution in [0.5, 0.6) is 5.75 Å². The number of aliphatic carboxylic acids is 1. The molecule has 0 aliphatic carbocycles. The Hall–Kier alpha value is -1.11. The summed E-state index contributed by atoms with van der Waals surface area (Å²) in [6, 6.07) is 5.73. The summed E-state index contributed by atoms with van der Waals surface area (Å²) < 4.78 is 16.3. The summed E-state index contributed by atoms with van der Waals surface area (Å²) >= 11 is 3.43. The third kappa shape index (κ3) is 6.56. The van der Waals surface area contributed by atoms with Crippen LogP contribution < -0.4 is 4.74 Å². The molecule has 0 atom stereocenters. The van der Waals surface area contributed by atoms with Crippen LogP contribution in [0, 0.1) is 0 Å². The first-order chi connectivity index (χ1) is 9.13. The summed E-state index contributed by atoms with van der Waals surface area (Å²) in [6.45, 7) is 1.15. The Bertz CT molecular complexity index is 408. The van der Waals surface area contributed by atoms with Crippen LogP contribution in [0.1, 0.15) is 5.56 Å². The average molecular weight is 333 g/mol. The molecule has 1 rings (SSSR count). The maximum Gasteiger partial charge on any atom is 0.329 e. The lowest BCUT2D eigenvalue weighted by molar-refractivity contribution is -0.142. The summed E-state index contributed by atoms with van der Waals surface area (Å²) in [5.74, 6) is -0.199. The van der Waals surface area contributed by atoms with Gasteiger partial charge in [0.15, 0.2) is 0 Å². The molecule has 0 bridgehead atoms. The van der Waals surface area contributed by atoms with Gasteiger partial charge in [-0.2, -0.15) is 0 Å². The van der Waals surface area contributed by atoms with E-state index in [4.69, 9.17) is 19.3 Å².